The van der Waals surface area contributed by atoms with Crippen LogP contribution in [0.5, 0.6) is 0 Å². The minimum Gasteiger partial charge on any atom is -0.396 e. The Hall–Kier alpha value is -2.17. The summed E-state index contributed by atoms with van der Waals surface area (Å²) in [4.78, 5) is 12.3. The second kappa shape index (κ2) is 9.97. The molecule has 0 saturated carbocycles. The molecule has 2 rings (SSSR count). The molecule has 0 spiro atoms. The minimum atomic E-state index is 0.00303. The molecule has 0 radical (unpaired) electrons. The van der Waals surface area contributed by atoms with Gasteiger partial charge in [-0.05, 0) is 43.9 Å². The smallest absolute Gasteiger partial charge is 0.225 e. The van der Waals surface area contributed by atoms with Crippen molar-refractivity contribution in [3.05, 3.63) is 65.7 Å². The maximum atomic E-state index is 12.3. The summed E-state index contributed by atoms with van der Waals surface area (Å²) in [6, 6.07) is 18.1. The number of benzene rings is 2. The van der Waals surface area contributed by atoms with E-state index in [-0.39, 0.29) is 24.6 Å². The van der Waals surface area contributed by atoms with Gasteiger partial charge in [0.1, 0.15) is 0 Å². The van der Waals surface area contributed by atoms with Gasteiger partial charge in [0.25, 0.3) is 0 Å². The van der Waals surface area contributed by atoms with Gasteiger partial charge in [0, 0.05) is 30.8 Å². The molecular weight excluding hydrogens is 312 g/mol. The molecule has 2 aromatic carbocycles. The molecule has 2 aromatic rings. The molecule has 3 N–H and O–H groups in total. The van der Waals surface area contributed by atoms with Crippen LogP contribution in [0.3, 0.4) is 0 Å². The zero-order valence-electron chi connectivity index (χ0n) is 15.0. The van der Waals surface area contributed by atoms with E-state index in [1.807, 2.05) is 56.3 Å². The number of aryl methyl sites for hydroxylation is 1. The van der Waals surface area contributed by atoms with Crippen LogP contribution in [0.2, 0.25) is 0 Å². The quantitative estimate of drug-likeness (QED) is 0.650. The first-order chi connectivity index (χ1) is 12.1. The van der Waals surface area contributed by atoms with Gasteiger partial charge in [0.05, 0.1) is 0 Å². The van der Waals surface area contributed by atoms with Gasteiger partial charge in [-0.2, -0.15) is 0 Å². The standard InChI is InChI=1S/C21H28N2O2/c1-16-9-6-7-12-19(16)23-21(25)15-17(2)22-20(13-8-14-24)18-10-4-3-5-11-18/h3-7,9-12,17,20,22,24H,8,13-15H2,1-2H3,(H,23,25). The summed E-state index contributed by atoms with van der Waals surface area (Å²) in [6.45, 7) is 4.18. The van der Waals surface area contributed by atoms with Crippen molar-refractivity contribution in [3.63, 3.8) is 0 Å². The van der Waals surface area contributed by atoms with E-state index >= 15 is 0 Å². The van der Waals surface area contributed by atoms with E-state index in [9.17, 15) is 4.79 Å². The Morgan fingerprint density at radius 1 is 1.08 bits per heavy atom. The molecule has 2 atom stereocenters. The molecular formula is C21H28N2O2. The van der Waals surface area contributed by atoms with Crippen molar-refractivity contribution in [3.8, 4) is 0 Å². The Morgan fingerprint density at radius 3 is 2.44 bits per heavy atom. The fourth-order valence-electron chi connectivity index (χ4n) is 2.92. The first-order valence-corrected chi connectivity index (χ1v) is 8.87. The van der Waals surface area contributed by atoms with Gasteiger partial charge in [-0.3, -0.25) is 4.79 Å². The molecule has 0 aromatic heterocycles. The third kappa shape index (κ3) is 6.33. The van der Waals surface area contributed by atoms with Crippen molar-refractivity contribution < 1.29 is 9.90 Å². The zero-order valence-corrected chi connectivity index (χ0v) is 15.0. The molecule has 0 aliphatic rings. The number of amides is 1. The van der Waals surface area contributed by atoms with Gasteiger partial charge < -0.3 is 15.7 Å². The minimum absolute atomic E-state index is 0.00303. The number of rotatable bonds is 9. The average Bonchev–Trinajstić information content (AvgIpc) is 2.61. The lowest BCUT2D eigenvalue weighted by Gasteiger charge is -2.23. The summed E-state index contributed by atoms with van der Waals surface area (Å²) in [5.74, 6) is 0.00303. The van der Waals surface area contributed by atoms with Crippen LogP contribution in [0.25, 0.3) is 0 Å². The highest BCUT2D eigenvalue weighted by Crippen LogP contribution is 2.20. The maximum Gasteiger partial charge on any atom is 0.225 e. The fourth-order valence-corrected chi connectivity index (χ4v) is 2.92. The molecule has 134 valence electrons. The SMILES string of the molecule is Cc1ccccc1NC(=O)CC(C)NC(CCCO)c1ccccc1. The molecule has 4 heteroatoms. The van der Waals surface area contributed by atoms with E-state index in [2.05, 4.69) is 22.8 Å². The predicted octanol–water partition coefficient (Wildman–Crippen LogP) is 3.82. The summed E-state index contributed by atoms with van der Waals surface area (Å²) < 4.78 is 0. The van der Waals surface area contributed by atoms with Gasteiger partial charge in [-0.1, -0.05) is 48.5 Å². The number of para-hydroxylation sites is 1. The predicted molar refractivity (Wildman–Crippen MR) is 103 cm³/mol. The zero-order chi connectivity index (χ0) is 18.1. The molecule has 0 heterocycles. The van der Waals surface area contributed by atoms with Gasteiger partial charge in [0.15, 0.2) is 0 Å². The molecule has 0 aliphatic heterocycles. The van der Waals surface area contributed by atoms with Crippen LogP contribution in [0.4, 0.5) is 5.69 Å². The largest absolute Gasteiger partial charge is 0.396 e. The van der Waals surface area contributed by atoms with Crippen LogP contribution in [0, 0.1) is 6.92 Å². The monoisotopic (exact) mass is 340 g/mol. The average molecular weight is 340 g/mol. The number of carbonyl (C=O) groups is 1. The third-order valence-corrected chi connectivity index (χ3v) is 4.25. The van der Waals surface area contributed by atoms with E-state index in [1.54, 1.807) is 0 Å². The van der Waals surface area contributed by atoms with Crippen LogP contribution in [-0.2, 0) is 4.79 Å². The van der Waals surface area contributed by atoms with Crippen molar-refractivity contribution in [2.24, 2.45) is 0 Å². The summed E-state index contributed by atoms with van der Waals surface area (Å²) >= 11 is 0. The van der Waals surface area contributed by atoms with E-state index in [1.165, 1.54) is 5.56 Å². The van der Waals surface area contributed by atoms with Crippen molar-refractivity contribution in [2.45, 2.75) is 45.2 Å². The molecule has 0 aliphatic carbocycles. The lowest BCUT2D eigenvalue weighted by Crippen LogP contribution is -2.34. The first-order valence-electron chi connectivity index (χ1n) is 8.87. The van der Waals surface area contributed by atoms with Crippen molar-refractivity contribution in [2.75, 3.05) is 11.9 Å². The van der Waals surface area contributed by atoms with Crippen LogP contribution >= 0.6 is 0 Å². The van der Waals surface area contributed by atoms with Gasteiger partial charge >= 0.3 is 0 Å². The number of aliphatic hydroxyl groups excluding tert-OH is 1. The van der Waals surface area contributed by atoms with E-state index in [0.29, 0.717) is 6.42 Å². The molecule has 4 nitrogen and oxygen atoms in total. The highest BCUT2D eigenvalue weighted by molar-refractivity contribution is 5.91. The molecule has 0 bridgehead atoms. The Balaban J connectivity index is 1.92. The number of hydrogen-bond acceptors (Lipinski definition) is 3. The van der Waals surface area contributed by atoms with Crippen LogP contribution < -0.4 is 10.6 Å². The summed E-state index contributed by atoms with van der Waals surface area (Å²) in [5.41, 5.74) is 3.10. The van der Waals surface area contributed by atoms with E-state index in [0.717, 1.165) is 24.1 Å². The van der Waals surface area contributed by atoms with E-state index < -0.39 is 0 Å². The molecule has 25 heavy (non-hydrogen) atoms. The van der Waals surface area contributed by atoms with Gasteiger partial charge in [0.2, 0.25) is 5.91 Å². The Kier molecular flexibility index (Phi) is 7.64. The van der Waals surface area contributed by atoms with E-state index in [4.69, 9.17) is 5.11 Å². The molecule has 2 unspecified atom stereocenters. The van der Waals surface area contributed by atoms with Crippen molar-refractivity contribution in [1.82, 2.24) is 5.32 Å². The van der Waals surface area contributed by atoms with Crippen molar-refractivity contribution >= 4 is 11.6 Å². The van der Waals surface area contributed by atoms with Gasteiger partial charge in [-0.15, -0.1) is 0 Å². The Morgan fingerprint density at radius 2 is 1.76 bits per heavy atom. The fraction of sp³-hybridized carbons (Fsp3) is 0.381. The highest BCUT2D eigenvalue weighted by atomic mass is 16.2. The number of carbonyl (C=O) groups excluding carboxylic acids is 1. The van der Waals surface area contributed by atoms with Crippen molar-refractivity contribution in [1.29, 1.82) is 0 Å². The lowest BCUT2D eigenvalue weighted by atomic mass is 10.0. The summed E-state index contributed by atoms with van der Waals surface area (Å²) in [7, 11) is 0. The number of aliphatic hydroxyl groups is 1. The first kappa shape index (κ1) is 19.2. The second-order valence-corrected chi connectivity index (χ2v) is 6.46. The van der Waals surface area contributed by atoms with Crippen LogP contribution in [-0.4, -0.2) is 23.7 Å². The van der Waals surface area contributed by atoms with Gasteiger partial charge in [-0.25, -0.2) is 0 Å². The summed E-state index contributed by atoms with van der Waals surface area (Å²) in [6.07, 6.45) is 1.97. The number of hydrogen-bond donors (Lipinski definition) is 3. The number of nitrogens with one attached hydrogen (secondary N) is 2. The maximum absolute atomic E-state index is 12.3. The lowest BCUT2D eigenvalue weighted by molar-refractivity contribution is -0.116. The number of anilines is 1. The molecule has 0 saturated heterocycles. The second-order valence-electron chi connectivity index (χ2n) is 6.46. The third-order valence-electron chi connectivity index (χ3n) is 4.25. The van der Waals surface area contributed by atoms with Crippen LogP contribution in [0.15, 0.2) is 54.6 Å². The summed E-state index contributed by atoms with van der Waals surface area (Å²) in [5, 5.41) is 15.6. The Bertz CT molecular complexity index is 658. The Labute approximate surface area is 150 Å². The normalized spacial score (nSPS) is 13.2. The molecule has 1 amide bonds. The van der Waals surface area contributed by atoms with Crippen LogP contribution in [0.1, 0.15) is 43.4 Å². The topological polar surface area (TPSA) is 61.4 Å². The molecule has 0 fully saturated rings. The highest BCUT2D eigenvalue weighted by Gasteiger charge is 2.16.